The molecule has 5 aliphatic heterocycles. The Morgan fingerprint density at radius 2 is 1.78 bits per heavy atom. The van der Waals surface area contributed by atoms with Crippen LogP contribution in [0.4, 0.5) is 28.4 Å². The number of ether oxygens (including phenoxy) is 4. The molecule has 392 valence electrons. The number of nitro groups is 1. The van der Waals surface area contributed by atoms with Gasteiger partial charge in [-0.1, -0.05) is 18.2 Å². The number of aromatic amines is 1. The zero-order valence-electron chi connectivity index (χ0n) is 42.3. The minimum absolute atomic E-state index is 0.0135. The van der Waals surface area contributed by atoms with Gasteiger partial charge in [-0.15, -0.1) is 0 Å². The predicted octanol–water partition coefficient (Wildman–Crippen LogP) is 8.77. The Morgan fingerprint density at radius 3 is 2.57 bits per heavy atom. The fraction of sp³-hybridized carbons (Fsp3) is 0.527. The number of piperidine rings is 1. The average molecular weight is 1030 g/mol. The number of para-hydroxylation sites is 1. The molecular formula is C55H66N8O10S. The number of pyridine rings is 1. The molecule has 18 nitrogen and oxygen atoms in total. The summed E-state index contributed by atoms with van der Waals surface area (Å²) in [6.45, 7) is 9.48. The molecule has 2 aliphatic carbocycles. The molecule has 2 aromatic heterocycles. The molecule has 3 aromatic carbocycles. The highest BCUT2D eigenvalue weighted by molar-refractivity contribution is 7.90. The highest BCUT2D eigenvalue weighted by Gasteiger charge is 2.51. The van der Waals surface area contributed by atoms with E-state index in [1.54, 1.807) is 12.3 Å². The molecular weight excluding hydrogens is 965 g/mol. The summed E-state index contributed by atoms with van der Waals surface area (Å²) in [5.41, 5.74) is 3.15. The minimum atomic E-state index is -4.71. The molecule has 3 saturated heterocycles. The first kappa shape index (κ1) is 48.8. The number of nitrogens with zero attached hydrogens (tertiary/aromatic N) is 5. The zero-order chi connectivity index (χ0) is 51.1. The largest absolute Gasteiger partial charge is 0.491 e. The number of carbonyl (C=O) groups is 1. The number of aliphatic hydroxyl groups is 1. The summed E-state index contributed by atoms with van der Waals surface area (Å²) in [7, 11) is -4.71. The monoisotopic (exact) mass is 1030 g/mol. The lowest BCUT2D eigenvalue weighted by molar-refractivity contribution is -0.384. The van der Waals surface area contributed by atoms with Crippen molar-refractivity contribution in [1.82, 2.24) is 19.6 Å². The molecule has 1 spiro atoms. The summed E-state index contributed by atoms with van der Waals surface area (Å²) in [4.78, 5) is 41.3. The van der Waals surface area contributed by atoms with Crippen LogP contribution in [-0.2, 0) is 14.8 Å². The Bertz CT molecular complexity index is 3080. The van der Waals surface area contributed by atoms with E-state index in [1.165, 1.54) is 18.1 Å². The number of carbonyl (C=O) groups excluding carboxylic acids is 1. The van der Waals surface area contributed by atoms with E-state index >= 15 is 0 Å². The maximum atomic E-state index is 14.8. The first-order valence-electron chi connectivity index (χ1n) is 26.5. The van der Waals surface area contributed by atoms with Crippen molar-refractivity contribution in [3.05, 3.63) is 94.2 Å². The molecule has 19 heteroatoms. The molecule has 0 bridgehead atoms. The first-order chi connectivity index (χ1) is 35.6. The maximum absolute atomic E-state index is 14.8. The van der Waals surface area contributed by atoms with Crippen LogP contribution in [0.1, 0.15) is 113 Å². The number of benzene rings is 3. The van der Waals surface area contributed by atoms with E-state index < -0.39 is 43.1 Å². The maximum Gasteiger partial charge on any atom is 0.297 e. The van der Waals surface area contributed by atoms with Gasteiger partial charge in [0.15, 0.2) is 11.4 Å². The number of amides is 1. The number of fused-ring (bicyclic) bond motifs is 4. The van der Waals surface area contributed by atoms with Crippen LogP contribution < -0.4 is 34.0 Å². The van der Waals surface area contributed by atoms with Crippen LogP contribution in [0, 0.1) is 21.4 Å². The summed E-state index contributed by atoms with van der Waals surface area (Å²) in [6.07, 6.45) is 11.8. The molecule has 5 aromatic rings. The van der Waals surface area contributed by atoms with Gasteiger partial charge in [0.1, 0.15) is 29.8 Å². The van der Waals surface area contributed by atoms with Crippen molar-refractivity contribution in [2.45, 2.75) is 138 Å². The Morgan fingerprint density at radius 1 is 0.986 bits per heavy atom. The lowest BCUT2D eigenvalue weighted by Crippen LogP contribution is -2.55. The normalized spacial score (nSPS) is 26.6. The van der Waals surface area contributed by atoms with Gasteiger partial charge in [0.05, 0.1) is 58.1 Å². The Kier molecular flexibility index (Phi) is 12.5. The van der Waals surface area contributed by atoms with Crippen molar-refractivity contribution in [3.63, 3.8) is 0 Å². The number of sulfonamides is 1. The number of nitrogens with one attached hydrogen (secondary N) is 3. The highest BCUT2D eigenvalue weighted by Crippen LogP contribution is 2.55. The lowest BCUT2D eigenvalue weighted by atomic mass is 9.60. The van der Waals surface area contributed by atoms with Gasteiger partial charge >= 0.3 is 0 Å². The molecule has 7 aliphatic rings. The standard InChI is InChI=1S/C55H66N8O10S/c1-33(2)72-47-9-5-4-7-40(47)42-8-6-20-61(42)38-28-55(29-38)17-21-60(22-18-55)37-10-11-41(43(25-37)62-45-24-35-14-19-56-51(35)58-53(45)73-49-32-70-31-46(49)62)52(64)59-74(68,69)39-26-44(63(66)67)50-48(27-39)71-30-36(57-50)23-34-12-15-54(3,65)16-13-34/h4-5,7,9-11,14,19,24-27,33-34,36,38,42,46,49,57,65H,6,8,12-13,15-18,20-23,28-32H2,1-3H3,(H,56,58)(H,59,64)/t34?,36-,42-,46+,49+,54?/m0/s1. The predicted molar refractivity (Wildman–Crippen MR) is 279 cm³/mol. The van der Waals surface area contributed by atoms with Gasteiger partial charge in [0.25, 0.3) is 21.6 Å². The summed E-state index contributed by atoms with van der Waals surface area (Å²) in [5.74, 6) is 0.752. The summed E-state index contributed by atoms with van der Waals surface area (Å²) >= 11 is 0. The topological polar surface area (TPSA) is 214 Å². The van der Waals surface area contributed by atoms with Crippen molar-refractivity contribution in [2.75, 3.05) is 54.6 Å². The molecule has 0 radical (unpaired) electrons. The van der Waals surface area contributed by atoms with Crippen molar-refractivity contribution >= 4 is 55.4 Å². The van der Waals surface area contributed by atoms with Gasteiger partial charge in [0, 0.05) is 60.1 Å². The number of rotatable bonds is 12. The molecule has 2 saturated carbocycles. The molecule has 0 unspecified atom stereocenters. The van der Waals surface area contributed by atoms with Gasteiger partial charge in [-0.25, -0.2) is 13.1 Å². The van der Waals surface area contributed by atoms with E-state index in [0.29, 0.717) is 66.8 Å². The van der Waals surface area contributed by atoms with Gasteiger partial charge < -0.3 is 44.2 Å². The molecule has 7 heterocycles. The molecule has 74 heavy (non-hydrogen) atoms. The quantitative estimate of drug-likeness (QED) is 0.0679. The van der Waals surface area contributed by atoms with Gasteiger partial charge in [-0.3, -0.25) is 19.8 Å². The van der Waals surface area contributed by atoms with E-state index in [-0.39, 0.29) is 53.8 Å². The van der Waals surface area contributed by atoms with Crippen LogP contribution in [0.25, 0.3) is 11.0 Å². The van der Waals surface area contributed by atoms with Crippen LogP contribution >= 0.6 is 0 Å². The number of H-pyrrole nitrogens is 1. The number of nitro benzene ring substituents is 1. The van der Waals surface area contributed by atoms with Gasteiger partial charge in [-0.05, 0) is 146 Å². The second-order valence-corrected chi connectivity index (χ2v) is 24.2. The van der Waals surface area contributed by atoms with Crippen molar-refractivity contribution in [1.29, 1.82) is 0 Å². The van der Waals surface area contributed by atoms with Crippen LogP contribution in [-0.4, -0.2) is 115 Å². The van der Waals surface area contributed by atoms with Crippen molar-refractivity contribution in [2.24, 2.45) is 11.3 Å². The van der Waals surface area contributed by atoms with Crippen LogP contribution in [0.3, 0.4) is 0 Å². The Hall–Kier alpha value is -6.15. The third-order valence-electron chi connectivity index (χ3n) is 17.1. The highest BCUT2D eigenvalue weighted by atomic mass is 32.2. The fourth-order valence-corrected chi connectivity index (χ4v) is 14.2. The SMILES string of the molecule is CC(C)Oc1ccccc1[C@@H]1CCCN1C1CC2(CCN(c3ccc(C(=O)NS(=O)(=O)c4cc5c(c([N+](=O)[O-])c4)N[C@@H](CC4CCC(C)(O)CC4)CO5)c(N4c5cc6cc[nH]c6nc5O[C@@H]5COC[C@H]54)c3)CC2)C1. The van der Waals surface area contributed by atoms with Gasteiger partial charge in [0.2, 0.25) is 5.88 Å². The minimum Gasteiger partial charge on any atom is -0.491 e. The van der Waals surface area contributed by atoms with Crippen LogP contribution in [0.15, 0.2) is 77.8 Å². The average Bonchev–Trinajstić information content (AvgIpc) is 4.17. The Labute approximate surface area is 431 Å². The van der Waals surface area contributed by atoms with E-state index in [9.17, 15) is 28.4 Å². The molecule has 4 atom stereocenters. The molecule has 1 amide bonds. The lowest BCUT2D eigenvalue weighted by Gasteiger charge is -2.56. The molecule has 4 N–H and O–H groups in total. The fourth-order valence-electron chi connectivity index (χ4n) is 13.2. The second kappa shape index (κ2) is 18.9. The van der Waals surface area contributed by atoms with E-state index in [2.05, 4.69) is 62.9 Å². The number of hydrogen-bond donors (Lipinski definition) is 4. The van der Waals surface area contributed by atoms with Gasteiger partial charge in [-0.2, -0.15) is 4.98 Å². The van der Waals surface area contributed by atoms with E-state index in [1.807, 2.05) is 36.1 Å². The third-order valence-corrected chi connectivity index (χ3v) is 18.4. The Balaban J connectivity index is 0.809. The van der Waals surface area contributed by atoms with Crippen LogP contribution in [0.5, 0.6) is 17.4 Å². The van der Waals surface area contributed by atoms with Crippen LogP contribution in [0.2, 0.25) is 0 Å². The number of likely N-dealkylation sites (tertiary alicyclic amines) is 1. The summed E-state index contributed by atoms with van der Waals surface area (Å²) < 4.78 is 55.8. The molecule has 12 rings (SSSR count). The first-order valence-corrected chi connectivity index (χ1v) is 28.0. The van der Waals surface area contributed by atoms with Crippen molar-refractivity contribution in [3.8, 4) is 17.4 Å². The summed E-state index contributed by atoms with van der Waals surface area (Å²) in [5, 5.41) is 27.1. The molecule has 5 fully saturated rings. The zero-order valence-corrected chi connectivity index (χ0v) is 43.1. The van der Waals surface area contributed by atoms with E-state index in [0.717, 1.165) is 87.5 Å². The van der Waals surface area contributed by atoms with Crippen molar-refractivity contribution < 1.29 is 42.2 Å². The number of hydrogen-bond acceptors (Lipinski definition) is 15. The number of anilines is 4. The second-order valence-electron chi connectivity index (χ2n) is 22.5. The van der Waals surface area contributed by atoms with E-state index in [4.69, 9.17) is 23.9 Å². The third kappa shape index (κ3) is 9.16. The number of aromatic nitrogens is 2. The smallest absolute Gasteiger partial charge is 0.297 e. The summed E-state index contributed by atoms with van der Waals surface area (Å²) in [6, 6.07) is 20.4.